The maximum atomic E-state index is 12.4. The molecule has 1 aliphatic heterocycles. The number of carbonyl (C=O) groups excluding carboxylic acids is 1. The summed E-state index contributed by atoms with van der Waals surface area (Å²) < 4.78 is 0.824. The van der Waals surface area contributed by atoms with Crippen LogP contribution in [0.15, 0.2) is 22.5 Å². The van der Waals surface area contributed by atoms with Gasteiger partial charge in [0, 0.05) is 18.3 Å². The van der Waals surface area contributed by atoms with Crippen molar-refractivity contribution in [2.75, 3.05) is 17.6 Å². The minimum atomic E-state index is 0.205. The van der Waals surface area contributed by atoms with E-state index in [9.17, 15) is 4.79 Å². The number of hydrogen-bond acceptors (Lipinski definition) is 6. The predicted molar refractivity (Wildman–Crippen MR) is 105 cm³/mol. The maximum Gasteiger partial charge on any atom is 0.233 e. The van der Waals surface area contributed by atoms with Gasteiger partial charge in [-0.15, -0.1) is 10.2 Å². The topological polar surface area (TPSA) is 58.1 Å². The molecule has 2 heterocycles. The molecule has 1 atom stereocenters. The van der Waals surface area contributed by atoms with Gasteiger partial charge < -0.3 is 10.2 Å². The number of aromatic nitrogens is 2. The molecule has 1 N–H and O–H groups in total. The average molecular weight is 377 g/mol. The van der Waals surface area contributed by atoms with Gasteiger partial charge >= 0.3 is 0 Å². The summed E-state index contributed by atoms with van der Waals surface area (Å²) in [4.78, 5) is 14.4. The number of likely N-dealkylation sites (tertiary alicyclic amines) is 1. The molecular weight excluding hydrogens is 352 g/mol. The number of nitrogens with one attached hydrogen (secondary N) is 1. The number of hydrogen-bond donors (Lipinski definition) is 1. The molecule has 1 amide bonds. The number of thioether (sulfide) groups is 1. The molecule has 0 spiro atoms. The number of aryl methyl sites for hydroxylation is 2. The van der Waals surface area contributed by atoms with Gasteiger partial charge in [-0.2, -0.15) is 0 Å². The molecule has 25 heavy (non-hydrogen) atoms. The largest absolute Gasteiger partial charge is 0.339 e. The molecule has 1 aliphatic rings. The second kappa shape index (κ2) is 8.19. The van der Waals surface area contributed by atoms with Crippen LogP contribution in [0.2, 0.25) is 0 Å². The van der Waals surface area contributed by atoms with Gasteiger partial charge in [-0.3, -0.25) is 4.79 Å². The van der Waals surface area contributed by atoms with Crippen LogP contribution in [0.5, 0.6) is 0 Å². The van der Waals surface area contributed by atoms with E-state index in [1.165, 1.54) is 40.6 Å². The number of benzene rings is 1. The van der Waals surface area contributed by atoms with E-state index in [4.69, 9.17) is 0 Å². The molecule has 2 aromatic rings. The summed E-state index contributed by atoms with van der Waals surface area (Å²) in [7, 11) is 0. The van der Waals surface area contributed by atoms with Crippen LogP contribution < -0.4 is 5.32 Å². The normalized spacial score (nSPS) is 17.6. The highest BCUT2D eigenvalue weighted by molar-refractivity contribution is 8.01. The first kappa shape index (κ1) is 18.2. The van der Waals surface area contributed by atoms with Gasteiger partial charge in [-0.25, -0.2) is 0 Å². The Morgan fingerprint density at radius 1 is 1.36 bits per heavy atom. The Hall–Kier alpha value is -1.60. The highest BCUT2D eigenvalue weighted by atomic mass is 32.2. The fourth-order valence-corrected chi connectivity index (χ4v) is 4.71. The Bertz CT molecular complexity index is 746. The van der Waals surface area contributed by atoms with Crippen molar-refractivity contribution < 1.29 is 4.79 Å². The molecule has 134 valence electrons. The second-order valence-corrected chi connectivity index (χ2v) is 8.74. The molecule has 0 unspecified atom stereocenters. The highest BCUT2D eigenvalue weighted by Gasteiger charge is 2.23. The van der Waals surface area contributed by atoms with E-state index in [0.717, 1.165) is 34.5 Å². The summed E-state index contributed by atoms with van der Waals surface area (Å²) in [6.45, 7) is 7.18. The summed E-state index contributed by atoms with van der Waals surface area (Å²) in [6, 6.07) is 6.63. The quantitative estimate of drug-likeness (QED) is 0.784. The molecule has 1 aromatic heterocycles. The average Bonchev–Trinajstić information content (AvgIpc) is 3.03. The van der Waals surface area contributed by atoms with Crippen LogP contribution in [0.1, 0.15) is 37.3 Å². The Labute approximate surface area is 157 Å². The van der Waals surface area contributed by atoms with Gasteiger partial charge in [-0.05, 0) is 51.7 Å². The van der Waals surface area contributed by atoms with Crippen molar-refractivity contribution >= 4 is 39.8 Å². The van der Waals surface area contributed by atoms with Crippen LogP contribution in [-0.2, 0) is 4.79 Å². The van der Waals surface area contributed by atoms with E-state index >= 15 is 0 Å². The van der Waals surface area contributed by atoms with Crippen molar-refractivity contribution in [3.8, 4) is 0 Å². The van der Waals surface area contributed by atoms with Gasteiger partial charge in [0.05, 0.1) is 5.75 Å². The minimum Gasteiger partial charge on any atom is -0.339 e. The number of amides is 1. The van der Waals surface area contributed by atoms with Gasteiger partial charge in [0.25, 0.3) is 0 Å². The maximum absolute atomic E-state index is 12.4. The van der Waals surface area contributed by atoms with Gasteiger partial charge in [0.15, 0.2) is 4.34 Å². The zero-order valence-corrected chi connectivity index (χ0v) is 16.5. The fourth-order valence-electron chi connectivity index (χ4n) is 3.06. The molecular formula is C18H24N4OS2. The van der Waals surface area contributed by atoms with E-state index in [1.807, 2.05) is 4.90 Å². The smallest absolute Gasteiger partial charge is 0.233 e. The number of rotatable bonds is 5. The molecule has 1 aromatic carbocycles. The van der Waals surface area contributed by atoms with Crippen LogP contribution >= 0.6 is 23.1 Å². The molecule has 5 nitrogen and oxygen atoms in total. The standard InChI is InChI=1S/C18H24N4OS2/c1-12-7-8-15(13(2)10-12)19-17-20-21-18(25-17)24-11-16(23)22-9-5-4-6-14(22)3/h7-8,10,14H,4-6,9,11H2,1-3H3,(H,19,20)/t14-/m1/s1. The van der Waals surface area contributed by atoms with E-state index < -0.39 is 0 Å². The molecule has 0 bridgehead atoms. The van der Waals surface area contributed by atoms with Crippen molar-refractivity contribution in [3.05, 3.63) is 29.3 Å². The lowest BCUT2D eigenvalue weighted by atomic mass is 10.0. The van der Waals surface area contributed by atoms with Crippen LogP contribution in [-0.4, -0.2) is 39.3 Å². The summed E-state index contributed by atoms with van der Waals surface area (Å²) >= 11 is 2.96. The lowest BCUT2D eigenvalue weighted by Crippen LogP contribution is -2.42. The van der Waals surface area contributed by atoms with Crippen LogP contribution in [0, 0.1) is 13.8 Å². The Morgan fingerprint density at radius 3 is 2.96 bits per heavy atom. The summed E-state index contributed by atoms with van der Waals surface area (Å²) in [6.07, 6.45) is 3.45. The van der Waals surface area contributed by atoms with Crippen molar-refractivity contribution in [2.24, 2.45) is 0 Å². The second-order valence-electron chi connectivity index (χ2n) is 6.54. The summed E-state index contributed by atoms with van der Waals surface area (Å²) in [5, 5.41) is 12.5. The van der Waals surface area contributed by atoms with Crippen molar-refractivity contribution in [3.63, 3.8) is 0 Å². The Balaban J connectivity index is 1.55. The number of carbonyl (C=O) groups is 1. The van der Waals surface area contributed by atoms with E-state index in [-0.39, 0.29) is 5.91 Å². The number of piperidine rings is 1. The fraction of sp³-hybridized carbons (Fsp3) is 0.500. The molecule has 1 saturated heterocycles. The lowest BCUT2D eigenvalue weighted by molar-refractivity contribution is -0.131. The summed E-state index contributed by atoms with van der Waals surface area (Å²) in [5.41, 5.74) is 3.46. The Morgan fingerprint density at radius 2 is 2.20 bits per heavy atom. The first-order valence-corrected chi connectivity index (χ1v) is 10.4. The molecule has 0 saturated carbocycles. The van der Waals surface area contributed by atoms with Crippen molar-refractivity contribution in [2.45, 2.75) is 50.4 Å². The van der Waals surface area contributed by atoms with Crippen LogP contribution in [0.3, 0.4) is 0 Å². The number of anilines is 2. The van der Waals surface area contributed by atoms with Crippen molar-refractivity contribution in [1.29, 1.82) is 0 Å². The van der Waals surface area contributed by atoms with Gasteiger partial charge in [0.2, 0.25) is 11.0 Å². The zero-order valence-electron chi connectivity index (χ0n) is 14.9. The van der Waals surface area contributed by atoms with E-state index in [2.05, 4.69) is 54.5 Å². The third-order valence-electron chi connectivity index (χ3n) is 4.47. The van der Waals surface area contributed by atoms with E-state index in [1.54, 1.807) is 0 Å². The molecule has 7 heteroatoms. The van der Waals surface area contributed by atoms with Crippen molar-refractivity contribution in [1.82, 2.24) is 15.1 Å². The van der Waals surface area contributed by atoms with Crippen LogP contribution in [0.4, 0.5) is 10.8 Å². The molecule has 1 fully saturated rings. The first-order valence-electron chi connectivity index (χ1n) is 8.63. The first-order chi connectivity index (χ1) is 12.0. The summed E-state index contributed by atoms with van der Waals surface area (Å²) in [5.74, 6) is 0.638. The van der Waals surface area contributed by atoms with Gasteiger partial charge in [0.1, 0.15) is 0 Å². The van der Waals surface area contributed by atoms with E-state index in [0.29, 0.717) is 11.8 Å². The third-order valence-corrected chi connectivity index (χ3v) is 6.43. The SMILES string of the molecule is Cc1ccc(Nc2nnc(SCC(=O)N3CCCC[C@H]3C)s2)c(C)c1. The molecule has 3 rings (SSSR count). The number of nitrogens with zero attached hydrogens (tertiary/aromatic N) is 3. The predicted octanol–water partition coefficient (Wildman–Crippen LogP) is 4.39. The minimum absolute atomic E-state index is 0.205. The van der Waals surface area contributed by atoms with Crippen LogP contribution in [0.25, 0.3) is 0 Å². The Kier molecular flexibility index (Phi) is 5.96. The highest BCUT2D eigenvalue weighted by Crippen LogP contribution is 2.29. The van der Waals surface area contributed by atoms with Gasteiger partial charge in [-0.1, -0.05) is 40.8 Å². The monoisotopic (exact) mass is 376 g/mol. The zero-order chi connectivity index (χ0) is 17.8. The molecule has 0 aliphatic carbocycles. The molecule has 0 radical (unpaired) electrons. The lowest BCUT2D eigenvalue weighted by Gasteiger charge is -2.33. The third kappa shape index (κ3) is 4.73.